The Balaban J connectivity index is 2.38. The summed E-state index contributed by atoms with van der Waals surface area (Å²) in [4.78, 5) is 12.1. The molecule has 1 aromatic heterocycles. The summed E-state index contributed by atoms with van der Waals surface area (Å²) in [6.45, 7) is 1.38. The third-order valence-corrected chi connectivity index (χ3v) is 4.09. The van der Waals surface area contributed by atoms with Gasteiger partial charge in [-0.2, -0.15) is 0 Å². The molecular formula is C14H15BrN2O2. The van der Waals surface area contributed by atoms with Gasteiger partial charge >= 0.3 is 5.69 Å². The maximum Gasteiger partial charge on any atom is 0.328 e. The van der Waals surface area contributed by atoms with Gasteiger partial charge < -0.3 is 4.74 Å². The minimum Gasteiger partial charge on any atom is -0.377 e. The zero-order valence-corrected chi connectivity index (χ0v) is 12.5. The van der Waals surface area contributed by atoms with Gasteiger partial charge in [0.1, 0.15) is 0 Å². The molecule has 0 fully saturated rings. The van der Waals surface area contributed by atoms with Crippen LogP contribution in [-0.2, 0) is 18.8 Å². The second-order valence-electron chi connectivity index (χ2n) is 4.78. The molecule has 2 heterocycles. The summed E-state index contributed by atoms with van der Waals surface area (Å²) in [5, 5.41) is 0. The first-order valence-corrected chi connectivity index (χ1v) is 7.01. The number of aromatic nitrogens is 2. The largest absolute Gasteiger partial charge is 0.377 e. The number of benzene rings is 1. The van der Waals surface area contributed by atoms with Gasteiger partial charge in [-0.25, -0.2) is 4.79 Å². The second-order valence-corrected chi connectivity index (χ2v) is 5.69. The number of rotatable bonds is 1. The van der Waals surface area contributed by atoms with Crippen LogP contribution in [-0.4, -0.2) is 22.3 Å². The Morgan fingerprint density at radius 3 is 2.74 bits per heavy atom. The molecule has 1 aromatic carbocycles. The van der Waals surface area contributed by atoms with Crippen LogP contribution in [0.1, 0.15) is 12.0 Å². The van der Waals surface area contributed by atoms with Crippen molar-refractivity contribution in [3.8, 4) is 0 Å². The van der Waals surface area contributed by atoms with Gasteiger partial charge in [0, 0.05) is 24.1 Å². The van der Waals surface area contributed by atoms with Crippen molar-refractivity contribution in [3.05, 3.63) is 38.7 Å². The summed E-state index contributed by atoms with van der Waals surface area (Å²) in [6.07, 6.45) is 2.98. The van der Waals surface area contributed by atoms with E-state index in [-0.39, 0.29) is 5.69 Å². The predicted octanol–water partition coefficient (Wildman–Crippen LogP) is 2.44. The highest BCUT2D eigenvalue weighted by molar-refractivity contribution is 9.10. The molecule has 1 aliphatic rings. The van der Waals surface area contributed by atoms with Crippen molar-refractivity contribution in [1.29, 1.82) is 0 Å². The first-order chi connectivity index (χ1) is 9.09. The summed E-state index contributed by atoms with van der Waals surface area (Å²) in [7, 11) is 3.63. The lowest BCUT2D eigenvalue weighted by molar-refractivity contribution is 0.161. The van der Waals surface area contributed by atoms with E-state index in [0.29, 0.717) is 6.61 Å². The minimum atomic E-state index is 0.00186. The van der Waals surface area contributed by atoms with Crippen LogP contribution in [0.25, 0.3) is 16.6 Å². The Hall–Kier alpha value is -1.33. The number of aryl methyl sites for hydroxylation is 2. The number of hydrogen-bond acceptors (Lipinski definition) is 2. The fraction of sp³-hybridized carbons (Fsp3) is 0.357. The average Bonchev–Trinajstić information content (AvgIpc) is 2.64. The Morgan fingerprint density at radius 1 is 1.26 bits per heavy atom. The lowest BCUT2D eigenvalue weighted by Gasteiger charge is -2.15. The molecule has 4 nitrogen and oxygen atoms in total. The molecule has 0 saturated heterocycles. The lowest BCUT2D eigenvalue weighted by atomic mass is 10.00. The number of nitrogens with zero attached hydrogens (tertiary/aromatic N) is 2. The van der Waals surface area contributed by atoms with Crippen molar-refractivity contribution in [3.63, 3.8) is 0 Å². The number of fused-ring (bicyclic) bond motifs is 1. The summed E-state index contributed by atoms with van der Waals surface area (Å²) in [5.41, 5.74) is 4.31. The average molecular weight is 323 g/mol. The van der Waals surface area contributed by atoms with E-state index in [9.17, 15) is 4.79 Å². The van der Waals surface area contributed by atoms with Crippen molar-refractivity contribution in [1.82, 2.24) is 9.13 Å². The lowest BCUT2D eigenvalue weighted by Crippen LogP contribution is -2.19. The molecule has 0 N–H and O–H groups in total. The predicted molar refractivity (Wildman–Crippen MR) is 79.3 cm³/mol. The highest BCUT2D eigenvalue weighted by Gasteiger charge is 2.16. The van der Waals surface area contributed by atoms with Crippen molar-refractivity contribution < 1.29 is 4.74 Å². The molecule has 0 bridgehead atoms. The highest BCUT2D eigenvalue weighted by atomic mass is 79.9. The van der Waals surface area contributed by atoms with Crippen LogP contribution in [0.2, 0.25) is 0 Å². The van der Waals surface area contributed by atoms with Crippen molar-refractivity contribution in [2.75, 3.05) is 13.2 Å². The summed E-state index contributed by atoms with van der Waals surface area (Å²) in [6, 6.07) is 4.07. The summed E-state index contributed by atoms with van der Waals surface area (Å²) in [5.74, 6) is 0. The Morgan fingerprint density at radius 2 is 2.05 bits per heavy atom. The van der Waals surface area contributed by atoms with Gasteiger partial charge in [-0.3, -0.25) is 9.13 Å². The monoisotopic (exact) mass is 322 g/mol. The number of imidazole rings is 1. The fourth-order valence-electron chi connectivity index (χ4n) is 2.63. The fourth-order valence-corrected chi connectivity index (χ4v) is 3.08. The van der Waals surface area contributed by atoms with Crippen LogP contribution in [0.3, 0.4) is 0 Å². The van der Waals surface area contributed by atoms with Crippen molar-refractivity contribution >= 4 is 32.5 Å². The third kappa shape index (κ3) is 1.97. The maximum absolute atomic E-state index is 12.1. The van der Waals surface area contributed by atoms with Crippen LogP contribution in [0.4, 0.5) is 0 Å². The van der Waals surface area contributed by atoms with Gasteiger partial charge in [0.05, 0.1) is 24.2 Å². The topological polar surface area (TPSA) is 36.2 Å². The Bertz CT molecular complexity index is 740. The van der Waals surface area contributed by atoms with Gasteiger partial charge in [-0.15, -0.1) is 0 Å². The molecule has 1 aliphatic heterocycles. The van der Waals surface area contributed by atoms with E-state index in [1.165, 1.54) is 5.57 Å². The van der Waals surface area contributed by atoms with Crippen LogP contribution in [0, 0.1) is 0 Å². The molecule has 5 heteroatoms. The number of hydrogen-bond donors (Lipinski definition) is 0. The number of ether oxygens (including phenoxy) is 1. The van der Waals surface area contributed by atoms with E-state index >= 15 is 0 Å². The van der Waals surface area contributed by atoms with Crippen molar-refractivity contribution in [2.24, 2.45) is 14.1 Å². The highest BCUT2D eigenvalue weighted by Crippen LogP contribution is 2.31. The van der Waals surface area contributed by atoms with Gasteiger partial charge in [0.2, 0.25) is 0 Å². The molecule has 0 radical (unpaired) electrons. The standard InChI is InChI=1S/C14H15BrN2O2/c1-16-12-8-10(15)7-11(9-3-5-19-6-4-9)13(12)17(2)14(16)18/h3,7-8H,4-6H2,1-2H3. The molecule has 2 aromatic rings. The Kier molecular flexibility index (Phi) is 3.11. The SMILES string of the molecule is Cn1c(=O)n(C)c2c(C3=CCOCC3)cc(Br)cc21. The number of halogens is 1. The van der Waals surface area contributed by atoms with Gasteiger partial charge in [-0.05, 0) is 24.1 Å². The zero-order valence-electron chi connectivity index (χ0n) is 10.9. The van der Waals surface area contributed by atoms with E-state index in [4.69, 9.17) is 4.74 Å². The van der Waals surface area contributed by atoms with Gasteiger partial charge in [0.15, 0.2) is 0 Å². The van der Waals surface area contributed by atoms with E-state index in [0.717, 1.165) is 34.1 Å². The molecule has 100 valence electrons. The quantitative estimate of drug-likeness (QED) is 0.808. The van der Waals surface area contributed by atoms with Crippen LogP contribution >= 0.6 is 15.9 Å². The summed E-state index contributed by atoms with van der Waals surface area (Å²) < 4.78 is 9.75. The van der Waals surface area contributed by atoms with Gasteiger partial charge in [-0.1, -0.05) is 22.0 Å². The molecule has 0 unspecified atom stereocenters. The van der Waals surface area contributed by atoms with E-state index in [1.807, 2.05) is 13.1 Å². The Labute approximate surface area is 119 Å². The summed E-state index contributed by atoms with van der Waals surface area (Å²) >= 11 is 3.53. The van der Waals surface area contributed by atoms with E-state index in [1.54, 1.807) is 16.2 Å². The third-order valence-electron chi connectivity index (χ3n) is 3.63. The van der Waals surface area contributed by atoms with Crippen LogP contribution < -0.4 is 5.69 Å². The zero-order chi connectivity index (χ0) is 13.6. The van der Waals surface area contributed by atoms with E-state index in [2.05, 4.69) is 28.1 Å². The molecule has 0 amide bonds. The molecule has 19 heavy (non-hydrogen) atoms. The maximum atomic E-state index is 12.1. The normalized spacial score (nSPS) is 15.8. The minimum absolute atomic E-state index is 0.00186. The van der Waals surface area contributed by atoms with Crippen LogP contribution in [0.5, 0.6) is 0 Å². The first kappa shape index (κ1) is 12.7. The molecule has 0 aliphatic carbocycles. The second kappa shape index (κ2) is 4.65. The molecule has 3 rings (SSSR count). The molecular weight excluding hydrogens is 308 g/mol. The smallest absolute Gasteiger partial charge is 0.328 e. The molecule has 0 atom stereocenters. The van der Waals surface area contributed by atoms with Crippen LogP contribution in [0.15, 0.2) is 27.5 Å². The van der Waals surface area contributed by atoms with Gasteiger partial charge in [0.25, 0.3) is 0 Å². The molecule has 0 spiro atoms. The first-order valence-electron chi connectivity index (χ1n) is 6.21. The van der Waals surface area contributed by atoms with Crippen molar-refractivity contribution in [2.45, 2.75) is 6.42 Å². The van der Waals surface area contributed by atoms with E-state index < -0.39 is 0 Å². The molecule has 0 saturated carbocycles.